The number of nitrogens with zero attached hydrogens (tertiary/aromatic N) is 2. The minimum atomic E-state index is -0.465. The van der Waals surface area contributed by atoms with Crippen molar-refractivity contribution >= 4 is 27.3 Å². The van der Waals surface area contributed by atoms with E-state index in [0.29, 0.717) is 24.3 Å². The number of anilines is 1. The van der Waals surface area contributed by atoms with Crippen LogP contribution in [0.5, 0.6) is 0 Å². The number of nitro groups is 1. The molecule has 1 aromatic carbocycles. The second-order valence-corrected chi connectivity index (χ2v) is 6.24. The fraction of sp³-hybridized carbons (Fsp3) is 0.538. The molecular weight excluding hydrogens is 329 g/mol. The summed E-state index contributed by atoms with van der Waals surface area (Å²) in [5.41, 5.74) is 0.334. The molecule has 0 amide bonds. The van der Waals surface area contributed by atoms with Gasteiger partial charge in [0.05, 0.1) is 9.40 Å². The quantitative estimate of drug-likeness (QED) is 0.662. The molecule has 20 heavy (non-hydrogen) atoms. The Labute approximate surface area is 124 Å². The predicted molar refractivity (Wildman–Crippen MR) is 77.5 cm³/mol. The van der Waals surface area contributed by atoms with Gasteiger partial charge in [0.15, 0.2) is 0 Å². The van der Waals surface area contributed by atoms with Gasteiger partial charge >= 0.3 is 0 Å². The maximum Gasteiger partial charge on any atom is 0.293 e. The van der Waals surface area contributed by atoms with Gasteiger partial charge in [0.25, 0.3) is 5.69 Å². The van der Waals surface area contributed by atoms with Crippen LogP contribution in [0.3, 0.4) is 0 Å². The van der Waals surface area contributed by atoms with E-state index in [1.54, 1.807) is 0 Å². The number of halogens is 2. The highest BCUT2D eigenvalue weighted by molar-refractivity contribution is 9.10. The number of fused-ring (bicyclic) bond motifs is 2. The van der Waals surface area contributed by atoms with Gasteiger partial charge in [-0.2, -0.15) is 0 Å². The molecule has 5 nitrogen and oxygen atoms in total. The Morgan fingerprint density at radius 3 is 2.85 bits per heavy atom. The van der Waals surface area contributed by atoms with Crippen molar-refractivity contribution in [1.82, 2.24) is 5.32 Å². The average Bonchev–Trinajstić information content (AvgIpc) is 2.72. The molecule has 2 saturated heterocycles. The molecule has 0 aromatic heterocycles. The van der Waals surface area contributed by atoms with Crippen LogP contribution in [0.15, 0.2) is 16.6 Å². The molecule has 0 saturated carbocycles. The summed E-state index contributed by atoms with van der Waals surface area (Å²) in [4.78, 5) is 12.7. The molecule has 3 rings (SSSR count). The van der Waals surface area contributed by atoms with E-state index in [4.69, 9.17) is 0 Å². The fourth-order valence-corrected chi connectivity index (χ4v) is 3.42. The molecule has 1 aromatic rings. The van der Waals surface area contributed by atoms with Gasteiger partial charge in [0.1, 0.15) is 11.5 Å². The summed E-state index contributed by atoms with van der Waals surface area (Å²) in [5, 5.41) is 14.7. The highest BCUT2D eigenvalue weighted by Gasteiger charge is 2.32. The van der Waals surface area contributed by atoms with Crippen LogP contribution in [0, 0.1) is 15.9 Å². The lowest BCUT2D eigenvalue weighted by molar-refractivity contribution is -0.384. The van der Waals surface area contributed by atoms with E-state index >= 15 is 0 Å². The van der Waals surface area contributed by atoms with Crippen molar-refractivity contribution in [3.63, 3.8) is 0 Å². The topological polar surface area (TPSA) is 58.4 Å². The van der Waals surface area contributed by atoms with Crippen molar-refractivity contribution in [2.75, 3.05) is 18.0 Å². The molecular formula is C13H15BrFN3O2. The van der Waals surface area contributed by atoms with Crippen LogP contribution in [0.2, 0.25) is 0 Å². The molecule has 2 unspecified atom stereocenters. The summed E-state index contributed by atoms with van der Waals surface area (Å²) in [6.07, 6.45) is 3.18. The van der Waals surface area contributed by atoms with Gasteiger partial charge in [-0.1, -0.05) is 0 Å². The monoisotopic (exact) mass is 343 g/mol. The smallest absolute Gasteiger partial charge is 0.293 e. The van der Waals surface area contributed by atoms with Crippen molar-refractivity contribution in [2.24, 2.45) is 0 Å². The van der Waals surface area contributed by atoms with Crippen LogP contribution in [-0.4, -0.2) is 30.1 Å². The van der Waals surface area contributed by atoms with Crippen LogP contribution < -0.4 is 10.2 Å². The summed E-state index contributed by atoms with van der Waals surface area (Å²) in [5.74, 6) is -0.465. The third-order valence-corrected chi connectivity index (χ3v) is 4.69. The van der Waals surface area contributed by atoms with Gasteiger partial charge in [-0.05, 0) is 35.2 Å². The van der Waals surface area contributed by atoms with E-state index < -0.39 is 10.7 Å². The highest BCUT2D eigenvalue weighted by atomic mass is 79.9. The summed E-state index contributed by atoms with van der Waals surface area (Å²) in [7, 11) is 0. The van der Waals surface area contributed by atoms with Crippen LogP contribution >= 0.6 is 15.9 Å². The van der Waals surface area contributed by atoms with Gasteiger partial charge in [0, 0.05) is 37.3 Å². The van der Waals surface area contributed by atoms with Crippen LogP contribution in [-0.2, 0) is 0 Å². The molecule has 0 aliphatic carbocycles. The Balaban J connectivity index is 1.96. The van der Waals surface area contributed by atoms with E-state index in [1.165, 1.54) is 12.1 Å². The van der Waals surface area contributed by atoms with Gasteiger partial charge in [0.2, 0.25) is 0 Å². The molecule has 7 heteroatoms. The van der Waals surface area contributed by atoms with E-state index in [2.05, 4.69) is 21.2 Å². The molecule has 2 fully saturated rings. The first kappa shape index (κ1) is 13.8. The van der Waals surface area contributed by atoms with Gasteiger partial charge in [-0.15, -0.1) is 0 Å². The minimum Gasteiger partial charge on any atom is -0.364 e. The Morgan fingerprint density at radius 2 is 2.10 bits per heavy atom. The highest BCUT2D eigenvalue weighted by Crippen LogP contribution is 2.35. The maximum absolute atomic E-state index is 13.8. The maximum atomic E-state index is 13.8. The van der Waals surface area contributed by atoms with Gasteiger partial charge in [-0.3, -0.25) is 10.1 Å². The molecule has 1 N–H and O–H groups in total. The first-order valence-corrected chi connectivity index (χ1v) is 7.48. The minimum absolute atomic E-state index is 0.0453. The second-order valence-electron chi connectivity index (χ2n) is 5.38. The molecule has 0 spiro atoms. The Kier molecular flexibility index (Phi) is 3.64. The SMILES string of the molecule is O=[N+]([O-])c1cc(Br)c(F)cc1N1CCC2CCC(C1)N2. The van der Waals surface area contributed by atoms with Crippen molar-refractivity contribution in [2.45, 2.75) is 31.3 Å². The zero-order valence-corrected chi connectivity index (χ0v) is 12.4. The first-order chi connectivity index (χ1) is 9.54. The number of hydrogen-bond acceptors (Lipinski definition) is 4. The third kappa shape index (κ3) is 2.52. The Morgan fingerprint density at radius 1 is 1.35 bits per heavy atom. The third-order valence-electron chi connectivity index (χ3n) is 4.08. The zero-order valence-electron chi connectivity index (χ0n) is 10.8. The van der Waals surface area contributed by atoms with Gasteiger partial charge < -0.3 is 10.2 Å². The zero-order chi connectivity index (χ0) is 14.3. The summed E-state index contributed by atoms with van der Waals surface area (Å²) in [6.45, 7) is 1.41. The molecule has 0 radical (unpaired) electrons. The molecule has 2 aliphatic rings. The standard InChI is InChI=1S/C13H15BrFN3O2/c14-10-5-13(18(19)20)12(6-11(10)15)17-4-3-8-1-2-9(7-17)16-8/h5-6,8-9,16H,1-4,7H2. The lowest BCUT2D eigenvalue weighted by Gasteiger charge is -2.26. The molecule has 2 bridgehead atoms. The molecule has 2 heterocycles. The average molecular weight is 344 g/mol. The Hall–Kier alpha value is -1.21. The van der Waals surface area contributed by atoms with Crippen molar-refractivity contribution in [3.05, 3.63) is 32.5 Å². The number of rotatable bonds is 2. The second kappa shape index (κ2) is 5.29. The number of hydrogen-bond donors (Lipinski definition) is 1. The molecule has 2 atom stereocenters. The van der Waals surface area contributed by atoms with Crippen LogP contribution in [0.4, 0.5) is 15.8 Å². The van der Waals surface area contributed by atoms with Crippen molar-refractivity contribution in [1.29, 1.82) is 0 Å². The fourth-order valence-electron chi connectivity index (χ4n) is 3.09. The van der Waals surface area contributed by atoms with Crippen LogP contribution in [0.25, 0.3) is 0 Å². The van der Waals surface area contributed by atoms with E-state index in [1.807, 2.05) is 4.90 Å². The summed E-state index contributed by atoms with van der Waals surface area (Å²) < 4.78 is 13.9. The number of nitrogens with one attached hydrogen (secondary N) is 1. The molecule has 2 aliphatic heterocycles. The van der Waals surface area contributed by atoms with Crippen molar-refractivity contribution in [3.8, 4) is 0 Å². The lowest BCUT2D eigenvalue weighted by Crippen LogP contribution is -2.35. The molecule has 108 valence electrons. The van der Waals surface area contributed by atoms with E-state index in [-0.39, 0.29) is 10.2 Å². The van der Waals surface area contributed by atoms with E-state index in [0.717, 1.165) is 25.8 Å². The number of benzene rings is 1. The Bertz CT molecular complexity index is 555. The van der Waals surface area contributed by atoms with E-state index in [9.17, 15) is 14.5 Å². The normalized spacial score (nSPS) is 25.6. The lowest BCUT2D eigenvalue weighted by atomic mass is 10.1. The van der Waals surface area contributed by atoms with Gasteiger partial charge in [-0.25, -0.2) is 4.39 Å². The summed E-state index contributed by atoms with van der Waals surface area (Å²) in [6, 6.07) is 3.35. The first-order valence-electron chi connectivity index (χ1n) is 6.69. The summed E-state index contributed by atoms with van der Waals surface area (Å²) >= 11 is 3.01. The number of nitro benzene ring substituents is 1. The largest absolute Gasteiger partial charge is 0.364 e. The predicted octanol–water partition coefficient (Wildman–Crippen LogP) is 2.83. The van der Waals surface area contributed by atoms with Crippen LogP contribution in [0.1, 0.15) is 19.3 Å². The van der Waals surface area contributed by atoms with Crippen molar-refractivity contribution < 1.29 is 9.31 Å².